The Hall–Kier alpha value is 0.532. The van der Waals surface area contributed by atoms with E-state index in [1.54, 1.807) is 23.4 Å². The maximum absolute atomic E-state index is 2.31. The van der Waals surface area contributed by atoms with Crippen molar-refractivity contribution in [2.24, 2.45) is 0 Å². The lowest BCUT2D eigenvalue weighted by atomic mass is 10.1. The fourth-order valence-corrected chi connectivity index (χ4v) is 5.63. The van der Waals surface area contributed by atoms with Crippen molar-refractivity contribution in [2.45, 2.75) is 153 Å². The van der Waals surface area contributed by atoms with Gasteiger partial charge >= 0.3 is 0 Å². The number of rotatable bonds is 22. The van der Waals surface area contributed by atoms with Gasteiger partial charge in [-0.2, -0.15) is 0 Å². The molecule has 0 aliphatic heterocycles. The highest BCUT2D eigenvalue weighted by atomic mass is 27.1. The van der Waals surface area contributed by atoms with Crippen molar-refractivity contribution in [3.8, 4) is 0 Å². The molecule has 25 heavy (non-hydrogen) atoms. The molecular formula is C24H51Al. The fourth-order valence-electron chi connectivity index (χ4n) is 3.86. The average Bonchev–Trinajstić information content (AvgIpc) is 2.63. The third-order valence-corrected chi connectivity index (χ3v) is 7.71. The van der Waals surface area contributed by atoms with Gasteiger partial charge in [-0.25, -0.2) is 0 Å². The quantitative estimate of drug-likeness (QED) is 0.132. The summed E-state index contributed by atoms with van der Waals surface area (Å²) in [6.07, 6.45) is 29.8. The molecule has 0 unspecified atom stereocenters. The van der Waals surface area contributed by atoms with Crippen LogP contribution in [0.2, 0.25) is 10.6 Å². The third-order valence-electron chi connectivity index (χ3n) is 5.71. The maximum Gasteiger partial charge on any atom is 0.236 e. The van der Waals surface area contributed by atoms with Gasteiger partial charge in [-0.1, -0.05) is 153 Å². The van der Waals surface area contributed by atoms with E-state index in [-0.39, 0.29) is 0 Å². The van der Waals surface area contributed by atoms with Crippen LogP contribution in [0.4, 0.5) is 0 Å². The molecule has 0 saturated carbocycles. The summed E-state index contributed by atoms with van der Waals surface area (Å²) in [5.74, 6) is 0. The van der Waals surface area contributed by atoms with Crippen LogP contribution in [0.15, 0.2) is 0 Å². The highest BCUT2D eigenvalue weighted by Crippen LogP contribution is 2.13. The van der Waals surface area contributed by atoms with Gasteiger partial charge in [-0.15, -0.1) is 0 Å². The smallest absolute Gasteiger partial charge is 0.0972 e. The summed E-state index contributed by atoms with van der Waals surface area (Å²) in [7, 11) is 0. The molecular weight excluding hydrogens is 315 g/mol. The zero-order valence-corrected chi connectivity index (χ0v) is 19.7. The summed E-state index contributed by atoms with van der Waals surface area (Å²) in [6.45, 7) is 4.61. The van der Waals surface area contributed by atoms with Gasteiger partial charge in [0.25, 0.3) is 0 Å². The van der Waals surface area contributed by atoms with Crippen molar-refractivity contribution in [1.82, 2.24) is 0 Å². The summed E-state index contributed by atoms with van der Waals surface area (Å²) >= 11 is 0.304. The molecule has 0 aliphatic rings. The molecule has 0 aromatic rings. The van der Waals surface area contributed by atoms with Crippen LogP contribution in [0.25, 0.3) is 0 Å². The zero-order valence-electron chi connectivity index (χ0n) is 18.3. The van der Waals surface area contributed by atoms with E-state index in [4.69, 9.17) is 0 Å². The van der Waals surface area contributed by atoms with Crippen LogP contribution in [0.1, 0.15) is 142 Å². The van der Waals surface area contributed by atoms with Gasteiger partial charge in [0, 0.05) is 0 Å². The molecule has 0 nitrogen and oxygen atoms in total. The number of hydrogen-bond donors (Lipinski definition) is 0. The van der Waals surface area contributed by atoms with Crippen LogP contribution in [-0.2, 0) is 0 Å². The second-order valence-corrected chi connectivity index (χ2v) is 10.5. The molecule has 0 saturated heterocycles. The zero-order chi connectivity index (χ0) is 18.3. The first-order valence-corrected chi connectivity index (χ1v) is 14.4. The van der Waals surface area contributed by atoms with E-state index in [1.165, 1.54) is 116 Å². The van der Waals surface area contributed by atoms with Crippen LogP contribution < -0.4 is 0 Å². The Labute approximate surface area is 168 Å². The van der Waals surface area contributed by atoms with E-state index in [1.807, 2.05) is 0 Å². The molecule has 0 radical (unpaired) electrons. The van der Waals surface area contributed by atoms with Crippen molar-refractivity contribution in [3.63, 3.8) is 0 Å². The topological polar surface area (TPSA) is 0 Å². The van der Waals surface area contributed by atoms with Gasteiger partial charge in [-0.3, -0.25) is 0 Å². The molecule has 0 rings (SSSR count). The molecule has 0 aromatic carbocycles. The van der Waals surface area contributed by atoms with Gasteiger partial charge in [-0.05, 0) is 0 Å². The lowest BCUT2D eigenvalue weighted by molar-refractivity contribution is 0.560. The Morgan fingerprint density at radius 3 is 0.840 bits per heavy atom. The first-order valence-electron chi connectivity index (χ1n) is 12.4. The minimum absolute atomic E-state index is 0.304. The minimum atomic E-state index is 0.304. The van der Waals surface area contributed by atoms with E-state index in [9.17, 15) is 0 Å². The second kappa shape index (κ2) is 24.5. The molecule has 0 N–H and O–H groups in total. The van der Waals surface area contributed by atoms with Crippen LogP contribution >= 0.6 is 0 Å². The maximum atomic E-state index is 2.31. The summed E-state index contributed by atoms with van der Waals surface area (Å²) in [5.41, 5.74) is 0. The predicted molar refractivity (Wildman–Crippen MR) is 120 cm³/mol. The monoisotopic (exact) mass is 366 g/mol. The number of hydrogen-bond acceptors (Lipinski definition) is 0. The van der Waals surface area contributed by atoms with Gasteiger partial charge in [0.2, 0.25) is 15.2 Å². The van der Waals surface area contributed by atoms with Crippen molar-refractivity contribution in [3.05, 3.63) is 0 Å². The van der Waals surface area contributed by atoms with Crippen LogP contribution in [0.3, 0.4) is 0 Å². The van der Waals surface area contributed by atoms with Crippen molar-refractivity contribution >= 4 is 15.2 Å². The van der Waals surface area contributed by atoms with E-state index in [2.05, 4.69) is 13.8 Å². The first-order chi connectivity index (χ1) is 12.4. The first kappa shape index (κ1) is 25.5. The van der Waals surface area contributed by atoms with Gasteiger partial charge in [0.05, 0.1) is 0 Å². The normalized spacial score (nSPS) is 11.1. The van der Waals surface area contributed by atoms with E-state index in [0.717, 1.165) is 0 Å². The highest BCUT2D eigenvalue weighted by Gasteiger charge is 1.97. The molecule has 0 amide bonds. The average molecular weight is 367 g/mol. The SMILES string of the molecule is CCCCCCCCCCC[CH2][AlH][CH2]CCCCCCCCCCC. The third kappa shape index (κ3) is 24.5. The lowest BCUT2D eigenvalue weighted by Gasteiger charge is -2.03. The summed E-state index contributed by atoms with van der Waals surface area (Å²) < 4.78 is 0. The Bertz CT molecular complexity index is 192. The largest absolute Gasteiger partial charge is 0.236 e. The van der Waals surface area contributed by atoms with E-state index < -0.39 is 0 Å². The molecule has 0 aromatic heterocycles. The Morgan fingerprint density at radius 2 is 0.560 bits per heavy atom. The van der Waals surface area contributed by atoms with Crippen LogP contribution in [-0.4, -0.2) is 15.2 Å². The van der Waals surface area contributed by atoms with Gasteiger partial charge in [0.1, 0.15) is 0 Å². The van der Waals surface area contributed by atoms with E-state index in [0.29, 0.717) is 15.2 Å². The molecule has 0 fully saturated rings. The predicted octanol–water partition coefficient (Wildman–Crippen LogP) is 9.10. The van der Waals surface area contributed by atoms with Crippen molar-refractivity contribution in [2.75, 3.05) is 0 Å². The standard InChI is InChI=1S/2C12H25.Al.H/c2*1-3-5-7-9-11-12-10-8-6-4-2;;/h2*1,3-12H2,2H3;;. The van der Waals surface area contributed by atoms with Gasteiger partial charge in [0.15, 0.2) is 0 Å². The van der Waals surface area contributed by atoms with Crippen LogP contribution in [0.5, 0.6) is 0 Å². The highest BCUT2D eigenvalue weighted by molar-refractivity contribution is 6.35. The van der Waals surface area contributed by atoms with Crippen molar-refractivity contribution in [1.29, 1.82) is 0 Å². The van der Waals surface area contributed by atoms with Gasteiger partial charge < -0.3 is 0 Å². The summed E-state index contributed by atoms with van der Waals surface area (Å²) in [5, 5.41) is 3.27. The Kier molecular flexibility index (Phi) is 25.1. The molecule has 0 bridgehead atoms. The Balaban J connectivity index is 2.94. The lowest BCUT2D eigenvalue weighted by Crippen LogP contribution is -1.90. The molecule has 0 spiro atoms. The number of unbranched alkanes of at least 4 members (excludes halogenated alkanes) is 18. The molecule has 0 atom stereocenters. The fraction of sp³-hybridized carbons (Fsp3) is 1.00. The molecule has 0 heterocycles. The minimum Gasteiger partial charge on any atom is -0.0972 e. The molecule has 0 aliphatic carbocycles. The van der Waals surface area contributed by atoms with Crippen molar-refractivity contribution < 1.29 is 0 Å². The molecule has 150 valence electrons. The Morgan fingerprint density at radius 1 is 0.320 bits per heavy atom. The second-order valence-electron chi connectivity index (χ2n) is 8.42. The summed E-state index contributed by atoms with van der Waals surface area (Å²) in [6, 6.07) is 0. The molecule has 1 heteroatoms. The van der Waals surface area contributed by atoms with Crippen LogP contribution in [0, 0.1) is 0 Å². The van der Waals surface area contributed by atoms with E-state index >= 15 is 0 Å². The summed E-state index contributed by atoms with van der Waals surface area (Å²) in [4.78, 5) is 0.